The maximum absolute atomic E-state index is 12.0. The molecule has 6 nitrogen and oxygen atoms in total. The fourth-order valence-corrected chi connectivity index (χ4v) is 6.86. The van der Waals surface area contributed by atoms with Crippen LogP contribution in [0.5, 0.6) is 0 Å². The Labute approximate surface area is 356 Å². The second-order valence-corrected chi connectivity index (χ2v) is 15.2. The summed E-state index contributed by atoms with van der Waals surface area (Å²) in [5, 5.41) is 0. The minimum absolute atomic E-state index is 0.252. The Morgan fingerprint density at radius 1 is 0.433 bits per heavy atom. The quantitative estimate of drug-likeness (QED) is 0.0520. The number of nitrogens with zero attached hydrogens (tertiary/aromatic N) is 2. The predicted octanol–water partition coefficient (Wildman–Crippen LogP) is 13.8. The van der Waals surface area contributed by atoms with Crippen LogP contribution in [0.4, 0.5) is 34.1 Å². The van der Waals surface area contributed by atoms with E-state index in [1.165, 1.54) is 22.3 Å². The van der Waals surface area contributed by atoms with Gasteiger partial charge in [0.25, 0.3) is 0 Å². The zero-order chi connectivity index (χ0) is 42.4. The molecule has 6 aromatic rings. The van der Waals surface area contributed by atoms with Crippen molar-refractivity contribution in [2.75, 3.05) is 23.0 Å². The average Bonchev–Trinajstić information content (AvgIpc) is 3.28. The molecule has 0 radical (unpaired) electrons. The van der Waals surface area contributed by atoms with E-state index in [-0.39, 0.29) is 11.9 Å². The van der Waals surface area contributed by atoms with Gasteiger partial charge < -0.3 is 19.3 Å². The van der Waals surface area contributed by atoms with Gasteiger partial charge in [0.1, 0.15) is 0 Å². The molecule has 0 saturated heterocycles. The summed E-state index contributed by atoms with van der Waals surface area (Å²) in [6.07, 6.45) is 6.73. The summed E-state index contributed by atoms with van der Waals surface area (Å²) in [6, 6.07) is 52.0. The molecular weight excluding hydrogens is 741 g/mol. The smallest absolute Gasteiger partial charge is 0.333 e. The molecule has 6 heteroatoms. The summed E-state index contributed by atoms with van der Waals surface area (Å²) in [7, 11) is 0. The van der Waals surface area contributed by atoms with Crippen molar-refractivity contribution in [3.8, 4) is 11.1 Å². The summed E-state index contributed by atoms with van der Waals surface area (Å²) in [5.41, 5.74) is 14.8. The molecule has 0 spiro atoms. The summed E-state index contributed by atoms with van der Waals surface area (Å²) in [4.78, 5) is 28.6. The fourth-order valence-electron chi connectivity index (χ4n) is 6.86. The Hall–Kier alpha value is -6.66. The van der Waals surface area contributed by atoms with E-state index in [1.54, 1.807) is 26.0 Å². The molecule has 0 unspecified atom stereocenters. The van der Waals surface area contributed by atoms with E-state index in [4.69, 9.17) is 9.47 Å². The molecule has 0 atom stereocenters. The minimum Gasteiger partial charge on any atom is -0.462 e. The van der Waals surface area contributed by atoms with Gasteiger partial charge in [0.2, 0.25) is 0 Å². The molecule has 306 valence electrons. The summed E-state index contributed by atoms with van der Waals surface area (Å²) >= 11 is 0. The van der Waals surface area contributed by atoms with E-state index in [0.717, 1.165) is 70.9 Å². The Morgan fingerprint density at radius 2 is 0.700 bits per heavy atom. The third-order valence-corrected chi connectivity index (χ3v) is 10.8. The van der Waals surface area contributed by atoms with E-state index >= 15 is 0 Å². The van der Waals surface area contributed by atoms with Gasteiger partial charge in [-0.2, -0.15) is 0 Å². The summed E-state index contributed by atoms with van der Waals surface area (Å²) in [5.74, 6) is -0.503. The molecule has 0 saturated carbocycles. The second kappa shape index (κ2) is 20.9. The molecule has 0 amide bonds. The average molecular weight is 797 g/mol. The summed E-state index contributed by atoms with van der Waals surface area (Å²) < 4.78 is 10.8. The molecule has 6 aromatic carbocycles. The number of hydrogen-bond acceptors (Lipinski definition) is 6. The number of hydrogen-bond donors (Lipinski definition) is 0. The predicted molar refractivity (Wildman–Crippen MR) is 248 cm³/mol. The van der Waals surface area contributed by atoms with Crippen LogP contribution in [0.2, 0.25) is 0 Å². The van der Waals surface area contributed by atoms with Crippen LogP contribution in [0.15, 0.2) is 169 Å². The van der Waals surface area contributed by atoms with Crippen LogP contribution in [-0.4, -0.2) is 25.2 Å². The number of allylic oxidation sites excluding steroid dienone is 2. The lowest BCUT2D eigenvalue weighted by Gasteiger charge is -2.26. The van der Waals surface area contributed by atoms with Crippen molar-refractivity contribution in [1.82, 2.24) is 0 Å². The highest BCUT2D eigenvalue weighted by atomic mass is 16.5. The van der Waals surface area contributed by atoms with Gasteiger partial charge in [-0.1, -0.05) is 96.1 Å². The molecule has 0 aliphatic rings. The van der Waals surface area contributed by atoms with Crippen LogP contribution >= 0.6 is 0 Å². The lowest BCUT2D eigenvalue weighted by atomic mass is 10.0. The second-order valence-electron chi connectivity index (χ2n) is 15.2. The lowest BCUT2D eigenvalue weighted by Crippen LogP contribution is -2.10. The molecule has 0 aliphatic heterocycles. The first kappa shape index (κ1) is 42.9. The maximum atomic E-state index is 12.0. The van der Waals surface area contributed by atoms with Gasteiger partial charge >= 0.3 is 11.9 Å². The first-order valence-electron chi connectivity index (χ1n) is 20.9. The Bertz CT molecular complexity index is 2200. The number of carbonyl (C=O) groups excluding carboxylic acids is 2. The summed E-state index contributed by atoms with van der Waals surface area (Å²) in [6.45, 7) is 12.2. The number of carbonyl (C=O) groups is 2. The van der Waals surface area contributed by atoms with Crippen molar-refractivity contribution in [2.45, 2.75) is 67.2 Å². The van der Waals surface area contributed by atoms with Crippen molar-refractivity contribution in [3.63, 3.8) is 0 Å². The third-order valence-electron chi connectivity index (χ3n) is 10.8. The van der Waals surface area contributed by atoms with Crippen LogP contribution < -0.4 is 9.80 Å². The van der Waals surface area contributed by atoms with Gasteiger partial charge in [0, 0.05) is 45.3 Å². The van der Waals surface area contributed by atoms with Crippen molar-refractivity contribution in [1.29, 1.82) is 0 Å². The molecule has 0 fully saturated rings. The number of esters is 2. The molecule has 0 bridgehead atoms. The van der Waals surface area contributed by atoms with E-state index < -0.39 is 0 Å². The normalized spacial score (nSPS) is 11.6. The Kier molecular flexibility index (Phi) is 14.9. The highest BCUT2D eigenvalue weighted by Gasteiger charge is 2.16. The molecule has 60 heavy (non-hydrogen) atoms. The number of benzene rings is 6. The van der Waals surface area contributed by atoms with Gasteiger partial charge in [0.15, 0.2) is 0 Å². The molecule has 0 N–H and O–H groups in total. The molecule has 0 aliphatic carbocycles. The first-order chi connectivity index (χ1) is 29.1. The van der Waals surface area contributed by atoms with Crippen LogP contribution in [-0.2, 0) is 31.9 Å². The number of ether oxygens (including phenoxy) is 2. The topological polar surface area (TPSA) is 59.1 Å². The monoisotopic (exact) mass is 796 g/mol. The van der Waals surface area contributed by atoms with Crippen LogP contribution in [0.1, 0.15) is 62.8 Å². The lowest BCUT2D eigenvalue weighted by molar-refractivity contribution is -0.139. The molecular formula is C54H56N2O4. The van der Waals surface area contributed by atoms with Crippen molar-refractivity contribution in [3.05, 3.63) is 191 Å². The van der Waals surface area contributed by atoms with Crippen molar-refractivity contribution >= 4 is 46.1 Å². The molecule has 0 heterocycles. The number of anilines is 6. The zero-order valence-corrected chi connectivity index (χ0v) is 35.8. The Balaban J connectivity index is 1.17. The molecule has 6 rings (SSSR count). The first-order valence-corrected chi connectivity index (χ1v) is 20.9. The van der Waals surface area contributed by atoms with Crippen molar-refractivity contribution in [2.24, 2.45) is 0 Å². The SMILES string of the molecule is C/C=C(\C)C(=O)OCCCc1ccc(N(c2ccc(C)cc2)c2ccc(-c3ccc(N(c4ccc(C)cc4)c4ccc(CCCOC(=O)/C(C)=C/C)cc4)cc3)cc2)cc1. The van der Waals surface area contributed by atoms with Gasteiger partial charge in [0.05, 0.1) is 13.2 Å². The van der Waals surface area contributed by atoms with Gasteiger partial charge in [-0.25, -0.2) is 9.59 Å². The highest BCUT2D eigenvalue weighted by Crippen LogP contribution is 2.38. The van der Waals surface area contributed by atoms with E-state index in [9.17, 15) is 9.59 Å². The van der Waals surface area contributed by atoms with E-state index in [1.807, 2.05) is 13.8 Å². The van der Waals surface area contributed by atoms with E-state index in [2.05, 4.69) is 169 Å². The van der Waals surface area contributed by atoms with Crippen LogP contribution in [0, 0.1) is 13.8 Å². The Morgan fingerprint density at radius 3 is 0.983 bits per heavy atom. The number of aryl methyl sites for hydroxylation is 4. The largest absolute Gasteiger partial charge is 0.462 e. The van der Waals surface area contributed by atoms with E-state index in [0.29, 0.717) is 24.4 Å². The standard InChI is InChI=1S/C54H56N2O4/c1-7-41(5)53(57)59-37-9-11-43-17-29-49(30-18-43)55(47-25-13-39(3)14-26-47)51-33-21-45(22-34-51)46-23-35-52(36-24-46)56(48-27-15-40(4)16-28-48)50-31-19-44(20-32-50)12-10-38-60-54(58)42(6)8-2/h7-8,13-36H,9-12,37-38H2,1-6H3/b41-7+,42-8+. The van der Waals surface area contributed by atoms with Crippen LogP contribution in [0.3, 0.4) is 0 Å². The molecule has 0 aromatic heterocycles. The van der Waals surface area contributed by atoms with Gasteiger partial charge in [-0.15, -0.1) is 0 Å². The van der Waals surface area contributed by atoms with Gasteiger partial charge in [-0.3, -0.25) is 0 Å². The fraction of sp³-hybridized carbons (Fsp3) is 0.222. The van der Waals surface area contributed by atoms with Gasteiger partial charge in [-0.05, 0) is 162 Å². The minimum atomic E-state index is -0.252. The number of rotatable bonds is 17. The maximum Gasteiger partial charge on any atom is 0.333 e. The zero-order valence-electron chi connectivity index (χ0n) is 35.8. The highest BCUT2D eigenvalue weighted by molar-refractivity contribution is 5.88. The third kappa shape index (κ3) is 11.3. The van der Waals surface area contributed by atoms with Crippen molar-refractivity contribution < 1.29 is 19.1 Å². The van der Waals surface area contributed by atoms with Crippen LogP contribution in [0.25, 0.3) is 11.1 Å².